The van der Waals surface area contributed by atoms with E-state index in [1.165, 1.54) is 0 Å². The molecule has 0 aromatic carbocycles. The molecule has 2 unspecified atom stereocenters. The number of carbonyl (C=O) groups is 1. The molecule has 1 fully saturated rings. The lowest BCUT2D eigenvalue weighted by Crippen LogP contribution is -2.45. The van der Waals surface area contributed by atoms with E-state index in [-0.39, 0.29) is 18.0 Å². The maximum Gasteiger partial charge on any atom is 0.238 e. The number of nitrogens with one attached hydrogen (secondary N) is 2. The van der Waals surface area contributed by atoms with Gasteiger partial charge in [0.25, 0.3) is 0 Å². The maximum absolute atomic E-state index is 11.6. The van der Waals surface area contributed by atoms with Crippen molar-refractivity contribution in [2.24, 2.45) is 0 Å². The molecule has 1 heterocycles. The molecule has 0 spiro atoms. The molecule has 0 bridgehead atoms. The molecule has 2 atom stereocenters. The minimum absolute atomic E-state index is 0.00926. The Morgan fingerprint density at radius 3 is 3.14 bits per heavy atom. The first-order valence-electron chi connectivity index (χ1n) is 4.84. The Kier molecular flexibility index (Phi) is 5.29. The Morgan fingerprint density at radius 1 is 1.79 bits per heavy atom. The summed E-state index contributed by atoms with van der Waals surface area (Å²) in [4.78, 5) is 11.6. The first-order valence-corrected chi connectivity index (χ1v) is 6.00. The molecular weight excluding hydrogens is 200 g/mol. The van der Waals surface area contributed by atoms with Crippen molar-refractivity contribution in [2.45, 2.75) is 25.4 Å². The van der Waals surface area contributed by atoms with Gasteiger partial charge in [-0.25, -0.2) is 0 Å². The monoisotopic (exact) mass is 218 g/mol. The molecule has 0 aromatic heterocycles. The molecule has 1 saturated heterocycles. The smallest absolute Gasteiger partial charge is 0.238 e. The quantitative estimate of drug-likeness (QED) is 0.691. The highest BCUT2D eigenvalue weighted by Crippen LogP contribution is 2.09. The van der Waals surface area contributed by atoms with Gasteiger partial charge in [0.05, 0.1) is 6.04 Å². The summed E-state index contributed by atoms with van der Waals surface area (Å²) in [5.74, 6) is 1.87. The summed E-state index contributed by atoms with van der Waals surface area (Å²) in [6.45, 7) is 2.69. The fourth-order valence-corrected chi connectivity index (χ4v) is 2.22. The van der Waals surface area contributed by atoms with Gasteiger partial charge in [-0.05, 0) is 13.3 Å². The fraction of sp³-hybridized carbons (Fsp3) is 0.889. The number of carbonyl (C=O) groups excluding carboxylic acids is 1. The molecule has 14 heavy (non-hydrogen) atoms. The molecule has 1 aliphatic heterocycles. The van der Waals surface area contributed by atoms with Crippen LogP contribution in [-0.4, -0.2) is 43.3 Å². The van der Waals surface area contributed by atoms with E-state index in [0.717, 1.165) is 18.1 Å². The molecule has 0 saturated carbocycles. The number of ether oxygens (including phenoxy) is 1. The van der Waals surface area contributed by atoms with Crippen LogP contribution in [0.15, 0.2) is 0 Å². The van der Waals surface area contributed by atoms with Crippen LogP contribution in [0.4, 0.5) is 0 Å². The van der Waals surface area contributed by atoms with Crippen LogP contribution < -0.4 is 10.6 Å². The molecule has 0 radical (unpaired) electrons. The molecule has 5 heteroatoms. The summed E-state index contributed by atoms with van der Waals surface area (Å²) < 4.78 is 4.95. The maximum atomic E-state index is 11.6. The molecule has 0 aromatic rings. The van der Waals surface area contributed by atoms with Crippen LogP contribution in [0.25, 0.3) is 0 Å². The van der Waals surface area contributed by atoms with Gasteiger partial charge < -0.3 is 10.1 Å². The normalized spacial score (nSPS) is 23.4. The highest BCUT2D eigenvalue weighted by atomic mass is 32.2. The standard InChI is InChI=1S/C9H18N2O2S/c1-7(3-4-13-2)11-9(12)8-5-14-6-10-8/h7-8,10H,3-6H2,1-2H3,(H,11,12). The molecule has 1 amide bonds. The summed E-state index contributed by atoms with van der Waals surface area (Å²) >= 11 is 1.76. The van der Waals surface area contributed by atoms with Crippen molar-refractivity contribution in [1.29, 1.82) is 0 Å². The molecule has 0 aliphatic carbocycles. The Labute approximate surface area is 89.2 Å². The van der Waals surface area contributed by atoms with E-state index in [4.69, 9.17) is 4.74 Å². The van der Waals surface area contributed by atoms with Gasteiger partial charge in [-0.1, -0.05) is 0 Å². The second kappa shape index (κ2) is 6.27. The van der Waals surface area contributed by atoms with Gasteiger partial charge in [-0.3, -0.25) is 10.1 Å². The number of amides is 1. The van der Waals surface area contributed by atoms with Crippen molar-refractivity contribution in [1.82, 2.24) is 10.6 Å². The highest BCUT2D eigenvalue weighted by Gasteiger charge is 2.23. The predicted octanol–water partition coefficient (Wildman–Crippen LogP) is 0.190. The topological polar surface area (TPSA) is 50.4 Å². The average molecular weight is 218 g/mol. The van der Waals surface area contributed by atoms with Crippen LogP contribution in [0, 0.1) is 0 Å². The lowest BCUT2D eigenvalue weighted by atomic mass is 10.2. The van der Waals surface area contributed by atoms with Gasteiger partial charge in [0.15, 0.2) is 0 Å². The van der Waals surface area contributed by atoms with Crippen LogP contribution in [0.2, 0.25) is 0 Å². The molecular formula is C9H18N2O2S. The Bertz CT molecular complexity index is 184. The van der Waals surface area contributed by atoms with E-state index >= 15 is 0 Å². The largest absolute Gasteiger partial charge is 0.385 e. The first kappa shape index (κ1) is 11.8. The SMILES string of the molecule is COCCC(C)NC(=O)C1CSCN1. The van der Waals surface area contributed by atoms with Crippen LogP contribution in [0.5, 0.6) is 0 Å². The Morgan fingerprint density at radius 2 is 2.57 bits per heavy atom. The minimum Gasteiger partial charge on any atom is -0.385 e. The summed E-state index contributed by atoms with van der Waals surface area (Å²) in [6, 6.07) is 0.180. The van der Waals surface area contributed by atoms with Gasteiger partial charge in [-0.2, -0.15) is 0 Å². The van der Waals surface area contributed by atoms with Gasteiger partial charge in [0.2, 0.25) is 5.91 Å². The molecule has 1 rings (SSSR count). The van der Waals surface area contributed by atoms with Crippen molar-refractivity contribution in [3.63, 3.8) is 0 Å². The van der Waals surface area contributed by atoms with Crippen molar-refractivity contribution in [3.05, 3.63) is 0 Å². The van der Waals surface area contributed by atoms with Crippen LogP contribution in [0.3, 0.4) is 0 Å². The fourth-order valence-electron chi connectivity index (χ4n) is 1.27. The lowest BCUT2D eigenvalue weighted by Gasteiger charge is -2.16. The number of hydrogen-bond acceptors (Lipinski definition) is 4. The summed E-state index contributed by atoms with van der Waals surface area (Å²) in [5.41, 5.74) is 0. The third-order valence-electron chi connectivity index (χ3n) is 2.18. The van der Waals surface area contributed by atoms with Crippen molar-refractivity contribution >= 4 is 17.7 Å². The number of hydrogen-bond donors (Lipinski definition) is 2. The van der Waals surface area contributed by atoms with Gasteiger partial charge >= 0.3 is 0 Å². The zero-order valence-electron chi connectivity index (χ0n) is 8.71. The third kappa shape index (κ3) is 3.86. The van der Waals surface area contributed by atoms with Gasteiger partial charge in [0.1, 0.15) is 0 Å². The van der Waals surface area contributed by atoms with E-state index in [1.807, 2.05) is 6.92 Å². The van der Waals surface area contributed by atoms with Gasteiger partial charge in [0, 0.05) is 31.4 Å². The van der Waals surface area contributed by atoms with Crippen molar-refractivity contribution < 1.29 is 9.53 Å². The van der Waals surface area contributed by atoms with Crippen LogP contribution >= 0.6 is 11.8 Å². The number of rotatable bonds is 5. The van der Waals surface area contributed by atoms with Crippen molar-refractivity contribution in [2.75, 3.05) is 25.3 Å². The number of thioether (sulfide) groups is 1. The molecule has 1 aliphatic rings. The first-order chi connectivity index (χ1) is 6.74. The summed E-state index contributed by atoms with van der Waals surface area (Å²) in [6.07, 6.45) is 0.863. The molecule has 4 nitrogen and oxygen atoms in total. The lowest BCUT2D eigenvalue weighted by molar-refractivity contribution is -0.123. The minimum atomic E-state index is -0.00926. The number of methoxy groups -OCH3 is 1. The summed E-state index contributed by atoms with van der Waals surface area (Å²) in [7, 11) is 1.67. The van der Waals surface area contributed by atoms with Gasteiger partial charge in [-0.15, -0.1) is 11.8 Å². The highest BCUT2D eigenvalue weighted by molar-refractivity contribution is 7.99. The second-order valence-electron chi connectivity index (χ2n) is 3.46. The van der Waals surface area contributed by atoms with E-state index in [1.54, 1.807) is 18.9 Å². The Hall–Kier alpha value is -0.260. The molecule has 2 N–H and O–H groups in total. The third-order valence-corrected chi connectivity index (χ3v) is 3.12. The summed E-state index contributed by atoms with van der Waals surface area (Å²) in [5, 5.41) is 6.10. The second-order valence-corrected chi connectivity index (χ2v) is 4.49. The zero-order chi connectivity index (χ0) is 10.4. The van der Waals surface area contributed by atoms with Crippen LogP contribution in [0.1, 0.15) is 13.3 Å². The van der Waals surface area contributed by atoms with Crippen molar-refractivity contribution in [3.8, 4) is 0 Å². The van der Waals surface area contributed by atoms with E-state index in [2.05, 4.69) is 10.6 Å². The average Bonchev–Trinajstić information content (AvgIpc) is 2.67. The molecule has 82 valence electrons. The zero-order valence-corrected chi connectivity index (χ0v) is 9.52. The van der Waals surface area contributed by atoms with E-state index < -0.39 is 0 Å². The Balaban J connectivity index is 2.18. The van der Waals surface area contributed by atoms with E-state index in [9.17, 15) is 4.79 Å². The van der Waals surface area contributed by atoms with Crippen LogP contribution in [-0.2, 0) is 9.53 Å². The van der Waals surface area contributed by atoms with E-state index in [0.29, 0.717) is 6.61 Å². The predicted molar refractivity (Wildman–Crippen MR) is 58.3 cm³/mol.